The zero-order valence-electron chi connectivity index (χ0n) is 18.2. The number of ether oxygens (including phenoxy) is 5. The summed E-state index contributed by atoms with van der Waals surface area (Å²) in [5.74, 6) is 2.80. The molecule has 33 heavy (non-hydrogen) atoms. The van der Waals surface area contributed by atoms with Crippen molar-refractivity contribution in [3.05, 3.63) is 82.9 Å². The van der Waals surface area contributed by atoms with Gasteiger partial charge < -0.3 is 23.7 Å². The zero-order valence-corrected chi connectivity index (χ0v) is 21.4. The van der Waals surface area contributed by atoms with E-state index in [0.29, 0.717) is 62.6 Å². The minimum atomic E-state index is 0.399. The quantitative estimate of drug-likeness (QED) is 0.329. The van der Waals surface area contributed by atoms with Gasteiger partial charge in [0, 0.05) is 10.7 Å². The van der Waals surface area contributed by atoms with E-state index in [-0.39, 0.29) is 0 Å². The molecule has 0 unspecified atom stereocenters. The molecule has 0 N–H and O–H groups in total. The second-order valence-corrected chi connectivity index (χ2v) is 8.56. The molecule has 4 rings (SSSR count). The summed E-state index contributed by atoms with van der Waals surface area (Å²) in [7, 11) is 0. The summed E-state index contributed by atoms with van der Waals surface area (Å²) in [5.41, 5.74) is 4.56. The lowest BCUT2D eigenvalue weighted by molar-refractivity contribution is 0.0746. The van der Waals surface area contributed by atoms with Crippen LogP contribution in [-0.2, 0) is 28.6 Å². The molecule has 5 nitrogen and oxygen atoms in total. The first-order valence-electron chi connectivity index (χ1n) is 10.8. The second-order valence-electron chi connectivity index (χ2n) is 7.44. The van der Waals surface area contributed by atoms with E-state index in [0.717, 1.165) is 21.8 Å². The number of alkyl halides is 2. The van der Waals surface area contributed by atoms with Gasteiger partial charge in [0.1, 0.15) is 26.4 Å². The minimum absolute atomic E-state index is 0.399. The third-order valence-corrected chi connectivity index (χ3v) is 6.45. The molecule has 0 fully saturated rings. The van der Waals surface area contributed by atoms with E-state index in [4.69, 9.17) is 23.7 Å². The maximum atomic E-state index is 6.21. The van der Waals surface area contributed by atoms with Crippen molar-refractivity contribution in [2.45, 2.75) is 23.9 Å². The van der Waals surface area contributed by atoms with Gasteiger partial charge in [-0.2, -0.15) is 0 Å². The largest absolute Gasteiger partial charge is 0.487 e. The maximum absolute atomic E-state index is 6.21. The van der Waals surface area contributed by atoms with Crippen molar-refractivity contribution in [2.75, 3.05) is 26.4 Å². The first-order valence-corrected chi connectivity index (χ1v) is 13.0. The Kier molecular flexibility index (Phi) is 8.92. The average Bonchev–Trinajstić information content (AvgIpc) is 2.86. The Bertz CT molecular complexity index is 974. The molecule has 0 saturated heterocycles. The van der Waals surface area contributed by atoms with Crippen LogP contribution in [0.4, 0.5) is 0 Å². The molecular formula is C26H26Br2O5. The summed E-state index contributed by atoms with van der Waals surface area (Å²) in [6, 6.07) is 19.8. The van der Waals surface area contributed by atoms with Gasteiger partial charge in [0.05, 0.1) is 13.2 Å². The van der Waals surface area contributed by atoms with Crippen LogP contribution in [0, 0.1) is 0 Å². The molecule has 174 valence electrons. The predicted octanol–water partition coefficient (Wildman–Crippen LogP) is 6.42. The molecule has 0 bridgehead atoms. The normalized spacial score (nSPS) is 14.7. The number of rotatable bonds is 2. The van der Waals surface area contributed by atoms with Crippen LogP contribution >= 0.6 is 31.9 Å². The Morgan fingerprint density at radius 3 is 1.33 bits per heavy atom. The molecule has 0 spiro atoms. The number of para-hydroxylation sites is 4. The van der Waals surface area contributed by atoms with Crippen LogP contribution in [0.3, 0.4) is 0 Å². The monoisotopic (exact) mass is 576 g/mol. The Labute approximate surface area is 211 Å². The topological polar surface area (TPSA) is 46.2 Å². The lowest BCUT2D eigenvalue weighted by Gasteiger charge is -2.18. The maximum Gasteiger partial charge on any atom is 0.161 e. The summed E-state index contributed by atoms with van der Waals surface area (Å²) in [6.45, 7) is 2.58. The van der Waals surface area contributed by atoms with Crippen LogP contribution in [0.5, 0.6) is 23.0 Å². The van der Waals surface area contributed by atoms with E-state index in [2.05, 4.69) is 44.0 Å². The van der Waals surface area contributed by atoms with Crippen molar-refractivity contribution >= 4 is 31.9 Å². The van der Waals surface area contributed by atoms with E-state index in [1.807, 2.05) is 48.5 Å². The molecule has 7 heteroatoms. The lowest BCUT2D eigenvalue weighted by atomic mass is 10.0. The molecule has 0 saturated carbocycles. The summed E-state index contributed by atoms with van der Waals surface area (Å²) in [5, 5.41) is 1.52. The van der Waals surface area contributed by atoms with Gasteiger partial charge in [0.25, 0.3) is 0 Å². The van der Waals surface area contributed by atoms with Crippen molar-refractivity contribution in [1.29, 1.82) is 0 Å². The van der Waals surface area contributed by atoms with Gasteiger partial charge in [-0.05, 0) is 46.5 Å². The average molecular weight is 578 g/mol. The van der Waals surface area contributed by atoms with Crippen LogP contribution < -0.4 is 18.9 Å². The van der Waals surface area contributed by atoms with Gasteiger partial charge in [-0.1, -0.05) is 68.3 Å². The Balaban J connectivity index is 1.66. The van der Waals surface area contributed by atoms with Crippen LogP contribution in [-0.4, -0.2) is 26.4 Å². The van der Waals surface area contributed by atoms with Gasteiger partial charge >= 0.3 is 0 Å². The van der Waals surface area contributed by atoms with Crippen molar-refractivity contribution < 1.29 is 23.7 Å². The Morgan fingerprint density at radius 1 is 0.545 bits per heavy atom. The summed E-state index contributed by atoms with van der Waals surface area (Å²) in [6.07, 6.45) is 0. The number of benzene rings is 3. The van der Waals surface area contributed by atoms with Gasteiger partial charge in [0.2, 0.25) is 0 Å². The van der Waals surface area contributed by atoms with E-state index in [9.17, 15) is 0 Å². The fraction of sp³-hybridized carbons (Fsp3) is 0.308. The SMILES string of the molecule is BrCc1cc2c(cc1CBr)COc1ccccc1OCCOCCOc1ccccc1OC2. The molecule has 1 aliphatic rings. The van der Waals surface area contributed by atoms with Crippen molar-refractivity contribution in [1.82, 2.24) is 0 Å². The summed E-state index contributed by atoms with van der Waals surface area (Å²) in [4.78, 5) is 0. The van der Waals surface area contributed by atoms with Crippen molar-refractivity contribution in [3.63, 3.8) is 0 Å². The molecule has 1 heterocycles. The zero-order chi connectivity index (χ0) is 22.9. The fourth-order valence-electron chi connectivity index (χ4n) is 3.52. The van der Waals surface area contributed by atoms with Crippen LogP contribution in [0.25, 0.3) is 0 Å². The summed E-state index contributed by atoms with van der Waals surface area (Å²) < 4.78 is 29.9. The molecule has 0 amide bonds. The first-order chi connectivity index (χ1) is 16.3. The summed E-state index contributed by atoms with van der Waals surface area (Å²) >= 11 is 7.22. The lowest BCUT2D eigenvalue weighted by Crippen LogP contribution is -2.12. The van der Waals surface area contributed by atoms with E-state index >= 15 is 0 Å². The number of fused-ring (bicyclic) bond motifs is 3. The Hall–Kier alpha value is -2.22. The molecule has 0 radical (unpaired) electrons. The predicted molar refractivity (Wildman–Crippen MR) is 135 cm³/mol. The molecule has 1 aliphatic heterocycles. The van der Waals surface area contributed by atoms with Gasteiger partial charge in [-0.3, -0.25) is 0 Å². The molecule has 3 aromatic carbocycles. The van der Waals surface area contributed by atoms with Crippen LogP contribution in [0.2, 0.25) is 0 Å². The first kappa shape index (κ1) is 23.9. The molecule has 3 aromatic rings. The van der Waals surface area contributed by atoms with Crippen LogP contribution in [0.1, 0.15) is 22.3 Å². The number of hydrogen-bond donors (Lipinski definition) is 0. The molecule has 0 aliphatic carbocycles. The van der Waals surface area contributed by atoms with Gasteiger partial charge in [0.15, 0.2) is 23.0 Å². The fourth-order valence-corrected chi connectivity index (χ4v) is 4.56. The Morgan fingerprint density at radius 2 is 0.939 bits per heavy atom. The van der Waals surface area contributed by atoms with Gasteiger partial charge in [-0.25, -0.2) is 0 Å². The third kappa shape index (κ3) is 6.43. The van der Waals surface area contributed by atoms with Crippen molar-refractivity contribution in [2.24, 2.45) is 0 Å². The standard InChI is InChI=1S/C26H26Br2O5/c27-15-19-13-21-17-32-25-7-3-1-5-23(25)30-11-9-29-10-12-31-24-6-2-4-8-26(24)33-18-22(21)14-20(19)16-28/h1-8,13-14H,9-12,15-18H2. The van der Waals surface area contributed by atoms with E-state index in [1.165, 1.54) is 11.1 Å². The van der Waals surface area contributed by atoms with E-state index < -0.39 is 0 Å². The highest BCUT2D eigenvalue weighted by Gasteiger charge is 2.14. The molecule has 0 aromatic heterocycles. The highest BCUT2D eigenvalue weighted by atomic mass is 79.9. The van der Waals surface area contributed by atoms with E-state index in [1.54, 1.807) is 0 Å². The highest BCUT2D eigenvalue weighted by Crippen LogP contribution is 2.31. The third-order valence-electron chi connectivity index (χ3n) is 5.24. The molecule has 0 atom stereocenters. The highest BCUT2D eigenvalue weighted by molar-refractivity contribution is 9.09. The van der Waals surface area contributed by atoms with Crippen LogP contribution in [0.15, 0.2) is 60.7 Å². The number of halogens is 2. The smallest absolute Gasteiger partial charge is 0.161 e. The van der Waals surface area contributed by atoms with Crippen molar-refractivity contribution in [3.8, 4) is 23.0 Å². The minimum Gasteiger partial charge on any atom is -0.487 e. The number of hydrogen-bond acceptors (Lipinski definition) is 5. The second kappa shape index (κ2) is 12.3. The van der Waals surface area contributed by atoms with Gasteiger partial charge in [-0.15, -0.1) is 0 Å². The molecular weight excluding hydrogens is 552 g/mol.